The van der Waals surface area contributed by atoms with Gasteiger partial charge in [0.15, 0.2) is 76.4 Å². The van der Waals surface area contributed by atoms with Crippen molar-refractivity contribution in [3.63, 3.8) is 0 Å². The fourth-order valence-corrected chi connectivity index (χ4v) is 12.7. The zero-order chi connectivity index (χ0) is 70.8. The van der Waals surface area contributed by atoms with Gasteiger partial charge in [-0.2, -0.15) is 13.2 Å². The van der Waals surface area contributed by atoms with Gasteiger partial charge in [-0.25, -0.2) is 87.8 Å². The summed E-state index contributed by atoms with van der Waals surface area (Å²) in [4.78, 5) is 0.766. The average Bonchev–Trinajstić information content (AvgIpc) is 0.683. The number of rotatable bonds is 47. The maximum absolute atomic E-state index is 15.4. The van der Waals surface area contributed by atoms with Crippen molar-refractivity contribution in [2.24, 2.45) is 0 Å². The SMILES string of the molecule is CCCCCCCCCCCCCCCCCCCCCC[NH+](CCCCCCCCCCCCCCCCCCCCCC)CC(F)(F)F.Fc1c(F)c(F)c([B-](c2c(F)c(F)c(F)c(F)c2F)(c2c(F)c(F)c(F)c(F)c2F)c2c(F)c(F)c(F)c(F)c2F)c(F)c1F. The van der Waals surface area contributed by atoms with Gasteiger partial charge in [0.1, 0.15) is 52.7 Å². The molecule has 1 nitrogen and oxygen atoms in total. The predicted octanol–water partition coefficient (Wildman–Crippen LogP) is 21.9. The van der Waals surface area contributed by atoms with Crippen LogP contribution < -0.4 is 26.8 Å². The number of hydrogen-bond acceptors (Lipinski definition) is 0. The lowest BCUT2D eigenvalue weighted by Gasteiger charge is -2.44. The van der Waals surface area contributed by atoms with E-state index in [1.165, 1.54) is 231 Å². The van der Waals surface area contributed by atoms with Crippen LogP contribution in [-0.2, 0) is 0 Å². The molecular weight excluding hydrogens is 1300 g/mol. The molecule has 0 aliphatic carbocycles. The number of hydrogen-bond donors (Lipinski definition) is 1. The van der Waals surface area contributed by atoms with Gasteiger partial charge in [-0.1, -0.05) is 245 Å². The molecule has 4 aromatic rings. The van der Waals surface area contributed by atoms with E-state index in [1.807, 2.05) is 0 Å². The molecule has 4 rings (SSSR count). The Kier molecular flexibility index (Phi) is 39.5. The molecule has 0 saturated carbocycles. The lowest BCUT2D eigenvalue weighted by Crippen LogP contribution is -3.13. The van der Waals surface area contributed by atoms with Crippen molar-refractivity contribution in [3.05, 3.63) is 116 Å². The normalized spacial score (nSPS) is 12.1. The monoisotopic (exact) mass is 1400 g/mol. The first kappa shape index (κ1) is 84.5. The third kappa shape index (κ3) is 25.2. The van der Waals surface area contributed by atoms with Crippen LogP contribution in [-0.4, -0.2) is 32.0 Å². The van der Waals surface area contributed by atoms with E-state index in [-0.39, 0.29) is 0 Å². The van der Waals surface area contributed by atoms with Crippen LogP contribution in [0.25, 0.3) is 0 Å². The van der Waals surface area contributed by atoms with Crippen molar-refractivity contribution in [3.8, 4) is 0 Å². The maximum Gasteiger partial charge on any atom is 0.438 e. The Morgan fingerprint density at radius 2 is 0.326 bits per heavy atom. The summed E-state index contributed by atoms with van der Waals surface area (Å²) in [6.45, 7) is 5.31. The number of benzene rings is 4. The van der Waals surface area contributed by atoms with Crippen molar-refractivity contribution >= 4 is 28.0 Å². The molecule has 0 aliphatic rings. The third-order valence-electron chi connectivity index (χ3n) is 17.9. The Morgan fingerprint density at radius 1 is 0.200 bits per heavy atom. The molecular formula is C70H93BF23N. The first-order valence-corrected chi connectivity index (χ1v) is 34.3. The summed E-state index contributed by atoms with van der Waals surface area (Å²) in [5.74, 6) is -71.4. The lowest BCUT2D eigenvalue weighted by molar-refractivity contribution is -0.911. The summed E-state index contributed by atoms with van der Waals surface area (Å²) in [6, 6.07) is 0. The van der Waals surface area contributed by atoms with Crippen LogP contribution in [0.4, 0.5) is 101 Å². The largest absolute Gasteiger partial charge is 0.438 e. The van der Waals surface area contributed by atoms with Crippen LogP contribution in [0.15, 0.2) is 0 Å². The Bertz CT molecular complexity index is 2470. The second kappa shape index (κ2) is 44.3. The average molecular weight is 1400 g/mol. The van der Waals surface area contributed by atoms with Gasteiger partial charge in [-0.05, 0) is 25.7 Å². The van der Waals surface area contributed by atoms with E-state index in [0.717, 1.165) is 30.6 Å². The van der Waals surface area contributed by atoms with Crippen LogP contribution in [0.5, 0.6) is 0 Å². The highest BCUT2D eigenvalue weighted by Gasteiger charge is 2.52. The molecule has 0 atom stereocenters. The van der Waals surface area contributed by atoms with E-state index >= 15 is 35.1 Å². The Labute approximate surface area is 545 Å². The van der Waals surface area contributed by atoms with E-state index in [1.54, 1.807) is 0 Å². The highest BCUT2D eigenvalue weighted by Crippen LogP contribution is 2.31. The quantitative estimate of drug-likeness (QED) is 0.0148. The molecule has 25 heteroatoms. The fourth-order valence-electron chi connectivity index (χ4n) is 12.7. The van der Waals surface area contributed by atoms with E-state index < -0.39 is 157 Å². The van der Waals surface area contributed by atoms with Crippen molar-refractivity contribution in [1.82, 2.24) is 0 Å². The second-order valence-corrected chi connectivity index (χ2v) is 25.3. The minimum Gasteiger partial charge on any atom is -0.327 e. The molecule has 0 bridgehead atoms. The Balaban J connectivity index is 0.000000497. The number of quaternary nitrogens is 1. The third-order valence-corrected chi connectivity index (χ3v) is 17.9. The zero-order valence-corrected chi connectivity index (χ0v) is 54.7. The second-order valence-electron chi connectivity index (χ2n) is 25.3. The van der Waals surface area contributed by atoms with Crippen LogP contribution in [0.1, 0.15) is 271 Å². The molecule has 0 spiro atoms. The van der Waals surface area contributed by atoms with E-state index in [0.29, 0.717) is 13.1 Å². The first-order valence-electron chi connectivity index (χ1n) is 34.3. The zero-order valence-electron chi connectivity index (χ0n) is 54.7. The van der Waals surface area contributed by atoms with Gasteiger partial charge in [0.25, 0.3) is 0 Å². The van der Waals surface area contributed by atoms with Gasteiger partial charge in [-0.3, -0.25) is 0 Å². The fraction of sp³-hybridized carbons (Fsp3) is 0.657. The van der Waals surface area contributed by atoms with E-state index in [9.17, 15) is 65.9 Å². The lowest BCUT2D eigenvalue weighted by atomic mass is 9.12. The van der Waals surface area contributed by atoms with Crippen molar-refractivity contribution in [1.29, 1.82) is 0 Å². The standard InChI is InChI=1S/C46H92F3N.C24BF20/c1-3-5-7-9-11-13-15-17-19-21-23-25-27-29-31-33-35-37-39-41-43-50(45-46(47,48)49)44-42-40-38-36-34-32-30-28-26-24-22-20-18-16-14-12-10-8-6-4-2;26-5-1(6(27)14(35)21(42)13(5)34)25(2-7(28)15(36)22(43)16(37)8(2)29,3-9(30)17(38)23(44)18(39)10(3)31)4-11(32)19(40)24(45)20(41)12(4)33/h3-45H2,1-2H3;/q;-1/p+1. The molecule has 4 aromatic carbocycles. The van der Waals surface area contributed by atoms with Gasteiger partial charge in [0, 0.05) is 0 Å². The number of alkyl halides is 3. The Morgan fingerprint density at radius 3 is 0.463 bits per heavy atom. The van der Waals surface area contributed by atoms with Gasteiger partial charge in [0.2, 0.25) is 0 Å². The molecule has 0 amide bonds. The minimum absolute atomic E-state index is 0.648. The summed E-state index contributed by atoms with van der Waals surface area (Å²) < 4.78 is 334. The number of halogens is 23. The van der Waals surface area contributed by atoms with Crippen molar-refractivity contribution < 1.29 is 106 Å². The number of unbranched alkanes of at least 4 members (excludes halogenated alkanes) is 38. The molecule has 1 N–H and O–H groups in total. The maximum atomic E-state index is 15.4. The summed E-state index contributed by atoms with van der Waals surface area (Å²) in [6.07, 6.45) is 42.6. The molecule has 95 heavy (non-hydrogen) atoms. The molecule has 542 valence electrons. The van der Waals surface area contributed by atoms with Crippen LogP contribution in [0, 0.1) is 116 Å². The first-order chi connectivity index (χ1) is 45.2. The Hall–Kier alpha value is -4.71. The minimum atomic E-state index is -7.22. The molecule has 0 unspecified atom stereocenters. The molecule has 0 aliphatic heterocycles. The number of nitrogens with one attached hydrogen (secondary N) is 1. The molecule has 0 aromatic heterocycles. The predicted molar refractivity (Wildman–Crippen MR) is 327 cm³/mol. The van der Waals surface area contributed by atoms with Crippen LogP contribution in [0.3, 0.4) is 0 Å². The summed E-state index contributed by atoms with van der Waals surface area (Å²) >= 11 is 0. The molecule has 0 radical (unpaired) electrons. The topological polar surface area (TPSA) is 4.44 Å². The highest BCUT2D eigenvalue weighted by atomic mass is 19.4. The molecule has 0 heterocycles. The van der Waals surface area contributed by atoms with Gasteiger partial charge in [-0.15, -0.1) is 21.9 Å². The molecule has 0 fully saturated rings. The summed E-state index contributed by atoms with van der Waals surface area (Å²) in [5.41, 5.74) is -14.3. The summed E-state index contributed by atoms with van der Waals surface area (Å²) in [5, 5.41) is 0. The van der Waals surface area contributed by atoms with Crippen molar-refractivity contribution in [2.75, 3.05) is 19.6 Å². The highest BCUT2D eigenvalue weighted by molar-refractivity contribution is 7.20. The molecule has 0 saturated heterocycles. The van der Waals surface area contributed by atoms with E-state index in [2.05, 4.69) is 13.8 Å². The summed E-state index contributed by atoms with van der Waals surface area (Å²) in [7, 11) is 0. The van der Waals surface area contributed by atoms with Gasteiger partial charge >= 0.3 is 6.18 Å². The van der Waals surface area contributed by atoms with E-state index in [4.69, 9.17) is 0 Å². The van der Waals surface area contributed by atoms with Gasteiger partial charge < -0.3 is 4.90 Å². The smallest absolute Gasteiger partial charge is 0.327 e. The van der Waals surface area contributed by atoms with Gasteiger partial charge in [0.05, 0.1) is 13.1 Å². The van der Waals surface area contributed by atoms with Crippen LogP contribution >= 0.6 is 0 Å². The van der Waals surface area contributed by atoms with Crippen LogP contribution in [0.2, 0.25) is 0 Å². The van der Waals surface area contributed by atoms with Crippen molar-refractivity contribution in [2.45, 2.75) is 277 Å².